The van der Waals surface area contributed by atoms with Gasteiger partial charge in [-0.25, -0.2) is 0 Å². The molecule has 0 aromatic heterocycles. The SMILES string of the molecule is CSC1CCC(Nc2cccc(N)c2[N+](=O)[O-])C1. The summed E-state index contributed by atoms with van der Waals surface area (Å²) in [5, 5.41) is 14.9. The Morgan fingerprint density at radius 1 is 1.50 bits per heavy atom. The normalized spacial score (nSPS) is 22.9. The first kappa shape index (κ1) is 13.0. The number of hydrogen-bond acceptors (Lipinski definition) is 5. The molecule has 2 unspecified atom stereocenters. The van der Waals surface area contributed by atoms with Gasteiger partial charge in [0.2, 0.25) is 0 Å². The van der Waals surface area contributed by atoms with E-state index in [2.05, 4.69) is 11.6 Å². The van der Waals surface area contributed by atoms with E-state index in [0.717, 1.165) is 19.3 Å². The van der Waals surface area contributed by atoms with Gasteiger partial charge in [-0.1, -0.05) is 6.07 Å². The molecule has 3 N–H and O–H groups in total. The van der Waals surface area contributed by atoms with Crippen molar-refractivity contribution in [2.75, 3.05) is 17.3 Å². The van der Waals surface area contributed by atoms with Crippen molar-refractivity contribution < 1.29 is 4.92 Å². The molecule has 1 saturated carbocycles. The van der Waals surface area contributed by atoms with Gasteiger partial charge in [-0.2, -0.15) is 11.8 Å². The van der Waals surface area contributed by atoms with E-state index >= 15 is 0 Å². The van der Waals surface area contributed by atoms with E-state index in [1.807, 2.05) is 11.8 Å². The number of benzene rings is 1. The summed E-state index contributed by atoms with van der Waals surface area (Å²) in [5.41, 5.74) is 6.40. The number of anilines is 2. The summed E-state index contributed by atoms with van der Waals surface area (Å²) < 4.78 is 0. The zero-order chi connectivity index (χ0) is 13.1. The number of nitrogens with zero attached hydrogens (tertiary/aromatic N) is 1. The van der Waals surface area contributed by atoms with Crippen LogP contribution in [-0.2, 0) is 0 Å². The van der Waals surface area contributed by atoms with Crippen molar-refractivity contribution in [2.45, 2.75) is 30.6 Å². The predicted octanol–water partition coefficient (Wildman–Crippen LogP) is 2.87. The van der Waals surface area contributed by atoms with Crippen LogP contribution in [-0.4, -0.2) is 22.5 Å². The van der Waals surface area contributed by atoms with Gasteiger partial charge >= 0.3 is 5.69 Å². The lowest BCUT2D eigenvalue weighted by Crippen LogP contribution is -2.17. The Morgan fingerprint density at radius 3 is 2.89 bits per heavy atom. The van der Waals surface area contributed by atoms with Crippen molar-refractivity contribution in [3.63, 3.8) is 0 Å². The van der Waals surface area contributed by atoms with Crippen LogP contribution in [0.15, 0.2) is 18.2 Å². The van der Waals surface area contributed by atoms with Crippen molar-refractivity contribution in [1.82, 2.24) is 0 Å². The monoisotopic (exact) mass is 267 g/mol. The summed E-state index contributed by atoms with van der Waals surface area (Å²) in [4.78, 5) is 10.6. The second-order valence-corrected chi connectivity index (χ2v) is 5.65. The standard InChI is InChI=1S/C12H17N3O2S/c1-18-9-6-5-8(7-9)14-11-4-2-3-10(13)12(11)15(16)17/h2-4,8-9,14H,5-7,13H2,1H3. The van der Waals surface area contributed by atoms with Crippen molar-refractivity contribution in [2.24, 2.45) is 0 Å². The van der Waals surface area contributed by atoms with Crippen molar-refractivity contribution in [1.29, 1.82) is 0 Å². The molecule has 2 atom stereocenters. The van der Waals surface area contributed by atoms with Gasteiger partial charge in [-0.05, 0) is 37.7 Å². The highest BCUT2D eigenvalue weighted by Gasteiger charge is 2.26. The minimum atomic E-state index is -0.418. The zero-order valence-electron chi connectivity index (χ0n) is 10.3. The largest absolute Gasteiger partial charge is 0.393 e. The van der Waals surface area contributed by atoms with Gasteiger partial charge in [0.05, 0.1) is 4.92 Å². The lowest BCUT2D eigenvalue weighted by atomic mass is 10.2. The van der Waals surface area contributed by atoms with Crippen LogP contribution in [0.4, 0.5) is 17.1 Å². The molecule has 0 saturated heterocycles. The molecule has 18 heavy (non-hydrogen) atoms. The van der Waals surface area contributed by atoms with E-state index in [4.69, 9.17) is 5.73 Å². The van der Waals surface area contributed by atoms with E-state index in [1.165, 1.54) is 0 Å². The number of nitro groups is 1. The van der Waals surface area contributed by atoms with Crippen molar-refractivity contribution in [3.05, 3.63) is 28.3 Å². The van der Waals surface area contributed by atoms with E-state index in [9.17, 15) is 10.1 Å². The molecule has 0 aliphatic heterocycles. The highest BCUT2D eigenvalue weighted by atomic mass is 32.2. The van der Waals surface area contributed by atoms with E-state index in [-0.39, 0.29) is 11.4 Å². The number of nitrogens with one attached hydrogen (secondary N) is 1. The zero-order valence-corrected chi connectivity index (χ0v) is 11.1. The molecule has 5 nitrogen and oxygen atoms in total. The molecule has 1 fully saturated rings. The van der Waals surface area contributed by atoms with Crippen LogP contribution in [0.5, 0.6) is 0 Å². The number of thioether (sulfide) groups is 1. The molecule has 1 aromatic rings. The number of nitrogen functional groups attached to an aromatic ring is 1. The highest BCUT2D eigenvalue weighted by molar-refractivity contribution is 7.99. The summed E-state index contributed by atoms with van der Waals surface area (Å²) in [5.74, 6) is 0. The van der Waals surface area contributed by atoms with E-state index in [0.29, 0.717) is 17.0 Å². The third-order valence-corrected chi connectivity index (χ3v) is 4.42. The van der Waals surface area contributed by atoms with Gasteiger partial charge in [0.15, 0.2) is 0 Å². The third-order valence-electron chi connectivity index (χ3n) is 3.33. The fraction of sp³-hybridized carbons (Fsp3) is 0.500. The summed E-state index contributed by atoms with van der Waals surface area (Å²) in [7, 11) is 0. The molecule has 6 heteroatoms. The molecular weight excluding hydrogens is 250 g/mol. The molecule has 2 rings (SSSR count). The maximum atomic E-state index is 11.0. The van der Waals surface area contributed by atoms with Crippen LogP contribution in [0.3, 0.4) is 0 Å². The minimum Gasteiger partial charge on any atom is -0.393 e. The molecule has 0 bridgehead atoms. The van der Waals surface area contributed by atoms with Crippen LogP contribution in [0.2, 0.25) is 0 Å². The van der Waals surface area contributed by atoms with Crippen LogP contribution in [0.25, 0.3) is 0 Å². The quantitative estimate of drug-likeness (QED) is 0.498. The first-order chi connectivity index (χ1) is 8.61. The second-order valence-electron chi connectivity index (χ2n) is 4.51. The topological polar surface area (TPSA) is 81.2 Å². The fourth-order valence-electron chi connectivity index (χ4n) is 2.39. The van der Waals surface area contributed by atoms with Gasteiger partial charge < -0.3 is 11.1 Å². The molecule has 98 valence electrons. The number of hydrogen-bond donors (Lipinski definition) is 2. The summed E-state index contributed by atoms with van der Waals surface area (Å²) in [6.45, 7) is 0. The Labute approximate surface area is 110 Å². The Morgan fingerprint density at radius 2 is 2.28 bits per heavy atom. The number of para-hydroxylation sites is 1. The van der Waals surface area contributed by atoms with E-state index < -0.39 is 4.92 Å². The Hall–Kier alpha value is -1.43. The molecule has 0 spiro atoms. The summed E-state index contributed by atoms with van der Waals surface area (Å²) in [6, 6.07) is 5.33. The smallest absolute Gasteiger partial charge is 0.314 e. The predicted molar refractivity (Wildman–Crippen MR) is 76.1 cm³/mol. The maximum Gasteiger partial charge on any atom is 0.314 e. The first-order valence-electron chi connectivity index (χ1n) is 5.94. The number of nitrogens with two attached hydrogens (primary N) is 1. The van der Waals surface area contributed by atoms with Crippen LogP contribution >= 0.6 is 11.8 Å². The Balaban J connectivity index is 2.15. The third kappa shape index (κ3) is 2.69. The molecule has 0 amide bonds. The van der Waals surface area contributed by atoms with Gasteiger partial charge in [0.1, 0.15) is 11.4 Å². The summed E-state index contributed by atoms with van der Waals surface area (Å²) in [6.07, 6.45) is 5.37. The van der Waals surface area contributed by atoms with E-state index in [1.54, 1.807) is 18.2 Å². The van der Waals surface area contributed by atoms with Crippen molar-refractivity contribution in [3.8, 4) is 0 Å². The second kappa shape index (κ2) is 5.48. The van der Waals surface area contributed by atoms with Gasteiger partial charge in [-0.15, -0.1) is 0 Å². The average molecular weight is 267 g/mol. The molecule has 1 aromatic carbocycles. The first-order valence-corrected chi connectivity index (χ1v) is 7.22. The number of rotatable bonds is 4. The molecular formula is C12H17N3O2S. The lowest BCUT2D eigenvalue weighted by Gasteiger charge is -2.14. The van der Waals surface area contributed by atoms with Crippen LogP contribution < -0.4 is 11.1 Å². The lowest BCUT2D eigenvalue weighted by molar-refractivity contribution is -0.383. The average Bonchev–Trinajstić information content (AvgIpc) is 2.76. The van der Waals surface area contributed by atoms with Crippen LogP contribution in [0, 0.1) is 10.1 Å². The van der Waals surface area contributed by atoms with Gasteiger partial charge in [0.25, 0.3) is 0 Å². The van der Waals surface area contributed by atoms with Gasteiger partial charge in [-0.3, -0.25) is 10.1 Å². The van der Waals surface area contributed by atoms with Gasteiger partial charge in [0, 0.05) is 11.3 Å². The number of nitro benzene ring substituents is 1. The molecule has 0 radical (unpaired) electrons. The highest BCUT2D eigenvalue weighted by Crippen LogP contribution is 2.35. The Bertz CT molecular complexity index is 453. The van der Waals surface area contributed by atoms with Crippen LogP contribution in [0.1, 0.15) is 19.3 Å². The molecule has 1 aliphatic rings. The minimum absolute atomic E-state index is 0.00917. The maximum absolute atomic E-state index is 11.0. The summed E-state index contributed by atoms with van der Waals surface area (Å²) >= 11 is 1.86. The Kier molecular flexibility index (Phi) is 3.96. The van der Waals surface area contributed by atoms with Crippen molar-refractivity contribution >= 4 is 28.8 Å². The fourth-order valence-corrected chi connectivity index (χ4v) is 3.18. The molecule has 1 aliphatic carbocycles. The molecule has 0 heterocycles.